The molecule has 0 radical (unpaired) electrons. The Morgan fingerprint density at radius 3 is 2.68 bits per heavy atom. The van der Waals surface area contributed by atoms with E-state index in [1.165, 1.54) is 0 Å². The summed E-state index contributed by atoms with van der Waals surface area (Å²) in [5.41, 5.74) is 1.59. The standard InChI is InChI=1S/C14H13Cl2NO2/c1-9(18)10-2-3-14(12(15)6-10)19-8-11-4-5-17-7-13(11)16/h2-7,9,18H,8H2,1H3. The topological polar surface area (TPSA) is 42.4 Å². The summed E-state index contributed by atoms with van der Waals surface area (Å²) in [5.74, 6) is 0.555. The molecule has 5 heteroatoms. The van der Waals surface area contributed by atoms with E-state index in [2.05, 4.69) is 4.98 Å². The van der Waals surface area contributed by atoms with Crippen LogP contribution in [0.25, 0.3) is 0 Å². The number of pyridine rings is 1. The highest BCUT2D eigenvalue weighted by atomic mass is 35.5. The van der Waals surface area contributed by atoms with Crippen molar-refractivity contribution in [3.05, 3.63) is 57.8 Å². The maximum atomic E-state index is 9.46. The minimum atomic E-state index is -0.554. The molecule has 3 nitrogen and oxygen atoms in total. The number of rotatable bonds is 4. The third-order valence-corrected chi connectivity index (χ3v) is 3.31. The third kappa shape index (κ3) is 3.60. The number of ether oxygens (including phenoxy) is 1. The Labute approximate surface area is 121 Å². The van der Waals surface area contributed by atoms with Gasteiger partial charge < -0.3 is 9.84 Å². The summed E-state index contributed by atoms with van der Waals surface area (Å²) in [5, 5.41) is 10.5. The second-order valence-corrected chi connectivity index (χ2v) is 4.94. The van der Waals surface area contributed by atoms with Gasteiger partial charge in [-0.2, -0.15) is 0 Å². The third-order valence-electron chi connectivity index (χ3n) is 2.68. The van der Waals surface area contributed by atoms with Crippen LogP contribution < -0.4 is 4.74 Å². The second-order valence-electron chi connectivity index (χ2n) is 4.12. The van der Waals surface area contributed by atoms with Gasteiger partial charge in [0.25, 0.3) is 0 Å². The van der Waals surface area contributed by atoms with Crippen molar-refractivity contribution in [2.24, 2.45) is 0 Å². The number of aliphatic hydroxyl groups is 1. The first-order valence-corrected chi connectivity index (χ1v) is 6.52. The van der Waals surface area contributed by atoms with E-state index in [0.717, 1.165) is 11.1 Å². The molecule has 1 unspecified atom stereocenters. The van der Waals surface area contributed by atoms with Crippen LogP contribution in [0.1, 0.15) is 24.2 Å². The van der Waals surface area contributed by atoms with Crippen LogP contribution in [-0.2, 0) is 6.61 Å². The number of aromatic nitrogens is 1. The van der Waals surface area contributed by atoms with Crippen molar-refractivity contribution in [2.45, 2.75) is 19.6 Å². The predicted molar refractivity (Wildman–Crippen MR) is 75.7 cm³/mol. The van der Waals surface area contributed by atoms with Gasteiger partial charge >= 0.3 is 0 Å². The summed E-state index contributed by atoms with van der Waals surface area (Å²) in [6.45, 7) is 2.00. The first-order chi connectivity index (χ1) is 9.08. The quantitative estimate of drug-likeness (QED) is 0.927. The van der Waals surface area contributed by atoms with Crippen molar-refractivity contribution in [2.75, 3.05) is 0 Å². The largest absolute Gasteiger partial charge is 0.487 e. The van der Waals surface area contributed by atoms with E-state index in [1.54, 1.807) is 43.6 Å². The summed E-state index contributed by atoms with van der Waals surface area (Å²) in [4.78, 5) is 3.91. The molecule has 0 aliphatic carbocycles. The van der Waals surface area contributed by atoms with Gasteiger partial charge in [-0.15, -0.1) is 0 Å². The van der Waals surface area contributed by atoms with Crippen LogP contribution in [0.2, 0.25) is 10.0 Å². The Balaban J connectivity index is 2.10. The first kappa shape index (κ1) is 14.1. The SMILES string of the molecule is CC(O)c1ccc(OCc2ccncc2Cl)c(Cl)c1. The van der Waals surface area contributed by atoms with E-state index in [1.807, 2.05) is 0 Å². The normalized spacial score (nSPS) is 12.2. The number of halogens is 2. The predicted octanol–water partition coefficient (Wildman–Crippen LogP) is 4.02. The smallest absolute Gasteiger partial charge is 0.138 e. The van der Waals surface area contributed by atoms with E-state index in [9.17, 15) is 5.11 Å². The monoisotopic (exact) mass is 297 g/mol. The number of nitrogens with zero attached hydrogens (tertiary/aromatic N) is 1. The molecule has 19 heavy (non-hydrogen) atoms. The average Bonchev–Trinajstić information content (AvgIpc) is 2.39. The molecule has 0 aliphatic heterocycles. The molecule has 2 rings (SSSR count). The van der Waals surface area contributed by atoms with Gasteiger partial charge in [-0.25, -0.2) is 0 Å². The minimum absolute atomic E-state index is 0.315. The molecule has 0 aliphatic rings. The van der Waals surface area contributed by atoms with Gasteiger partial charge in [0.05, 0.1) is 16.1 Å². The molecule has 0 spiro atoms. The zero-order chi connectivity index (χ0) is 13.8. The van der Waals surface area contributed by atoms with Crippen LogP contribution >= 0.6 is 23.2 Å². The summed E-state index contributed by atoms with van der Waals surface area (Å²) < 4.78 is 5.61. The van der Waals surface area contributed by atoms with Gasteiger partial charge in [0, 0.05) is 18.0 Å². The van der Waals surface area contributed by atoms with Crippen molar-refractivity contribution >= 4 is 23.2 Å². The molecule has 0 saturated heterocycles. The zero-order valence-corrected chi connectivity index (χ0v) is 11.8. The summed E-state index contributed by atoms with van der Waals surface area (Å²) in [6, 6.07) is 7.00. The molecule has 0 saturated carbocycles. The fourth-order valence-electron chi connectivity index (χ4n) is 1.57. The van der Waals surface area contributed by atoms with Gasteiger partial charge in [0.2, 0.25) is 0 Å². The molecule has 0 amide bonds. The Morgan fingerprint density at radius 1 is 1.26 bits per heavy atom. The minimum Gasteiger partial charge on any atom is -0.487 e. The summed E-state index contributed by atoms with van der Waals surface area (Å²) >= 11 is 12.1. The lowest BCUT2D eigenvalue weighted by atomic mass is 10.1. The van der Waals surface area contributed by atoms with Gasteiger partial charge in [-0.1, -0.05) is 29.3 Å². The van der Waals surface area contributed by atoms with E-state index in [-0.39, 0.29) is 0 Å². The lowest BCUT2D eigenvalue weighted by Gasteiger charge is -2.11. The molecule has 2 aromatic rings. The lowest BCUT2D eigenvalue weighted by molar-refractivity contribution is 0.199. The number of hydrogen-bond donors (Lipinski definition) is 1. The molecule has 1 aromatic carbocycles. The highest BCUT2D eigenvalue weighted by molar-refractivity contribution is 6.32. The molecular weight excluding hydrogens is 285 g/mol. The fraction of sp³-hybridized carbons (Fsp3) is 0.214. The van der Waals surface area contributed by atoms with Gasteiger partial charge in [0.15, 0.2) is 0 Å². The van der Waals surface area contributed by atoms with Crippen LogP contribution in [0.3, 0.4) is 0 Å². The molecule has 0 bridgehead atoms. The van der Waals surface area contributed by atoms with Crippen molar-refractivity contribution in [1.29, 1.82) is 0 Å². The van der Waals surface area contributed by atoms with Crippen LogP contribution in [0.15, 0.2) is 36.7 Å². The van der Waals surface area contributed by atoms with Crippen LogP contribution in [0, 0.1) is 0 Å². The Morgan fingerprint density at radius 2 is 2.05 bits per heavy atom. The highest BCUT2D eigenvalue weighted by Gasteiger charge is 2.07. The molecule has 0 fully saturated rings. The fourth-order valence-corrected chi connectivity index (χ4v) is 1.99. The maximum absolute atomic E-state index is 9.46. The molecule has 1 atom stereocenters. The average molecular weight is 298 g/mol. The van der Waals surface area contributed by atoms with Gasteiger partial charge in [0.1, 0.15) is 12.4 Å². The zero-order valence-electron chi connectivity index (χ0n) is 10.3. The Hall–Kier alpha value is -1.29. The molecular formula is C14H13Cl2NO2. The summed E-state index contributed by atoms with van der Waals surface area (Å²) in [6.07, 6.45) is 2.67. The molecule has 1 N–H and O–H groups in total. The number of aliphatic hydroxyl groups excluding tert-OH is 1. The Kier molecular flexibility index (Phi) is 4.64. The summed E-state index contributed by atoms with van der Waals surface area (Å²) in [7, 11) is 0. The number of benzene rings is 1. The Bertz CT molecular complexity index is 573. The van der Waals surface area contributed by atoms with E-state index in [0.29, 0.717) is 22.4 Å². The molecule has 1 aromatic heterocycles. The van der Waals surface area contributed by atoms with Crippen molar-refractivity contribution < 1.29 is 9.84 Å². The van der Waals surface area contributed by atoms with E-state index >= 15 is 0 Å². The van der Waals surface area contributed by atoms with Crippen LogP contribution in [-0.4, -0.2) is 10.1 Å². The van der Waals surface area contributed by atoms with Gasteiger partial charge in [-0.3, -0.25) is 4.98 Å². The van der Waals surface area contributed by atoms with Crippen molar-refractivity contribution in [3.63, 3.8) is 0 Å². The van der Waals surface area contributed by atoms with Crippen molar-refractivity contribution in [1.82, 2.24) is 4.98 Å². The first-order valence-electron chi connectivity index (χ1n) is 5.76. The number of hydrogen-bond acceptors (Lipinski definition) is 3. The second kappa shape index (κ2) is 6.24. The van der Waals surface area contributed by atoms with Crippen LogP contribution in [0.5, 0.6) is 5.75 Å². The lowest BCUT2D eigenvalue weighted by Crippen LogP contribution is -1.98. The van der Waals surface area contributed by atoms with Gasteiger partial charge in [-0.05, 0) is 30.7 Å². The van der Waals surface area contributed by atoms with E-state index < -0.39 is 6.10 Å². The molecule has 1 heterocycles. The van der Waals surface area contributed by atoms with Crippen LogP contribution in [0.4, 0.5) is 0 Å². The van der Waals surface area contributed by atoms with E-state index in [4.69, 9.17) is 27.9 Å². The molecule has 100 valence electrons. The van der Waals surface area contributed by atoms with Crippen molar-refractivity contribution in [3.8, 4) is 5.75 Å². The highest BCUT2D eigenvalue weighted by Crippen LogP contribution is 2.29. The maximum Gasteiger partial charge on any atom is 0.138 e.